The maximum Gasteiger partial charge on any atom is 0.0671 e. The van der Waals surface area contributed by atoms with Crippen LogP contribution in [0.4, 0.5) is 0 Å². The molecule has 1 atom stereocenters. The van der Waals surface area contributed by atoms with Crippen LogP contribution in [0.1, 0.15) is 38.3 Å². The average Bonchev–Trinajstić information content (AvgIpc) is 2.40. The van der Waals surface area contributed by atoms with E-state index in [0.717, 1.165) is 25.9 Å². The Hall–Kier alpha value is -1.33. The fourth-order valence-electron chi connectivity index (χ4n) is 2.08. The molecule has 19 heavy (non-hydrogen) atoms. The molecule has 0 aliphatic carbocycles. The molecule has 0 radical (unpaired) electrons. The maximum atomic E-state index is 9.00. The molecule has 0 bridgehead atoms. The molecular formula is C17H26N2. The topological polar surface area (TPSA) is 35.8 Å². The molecular weight excluding hydrogens is 232 g/mol. The molecule has 2 nitrogen and oxygen atoms in total. The van der Waals surface area contributed by atoms with Crippen LogP contribution >= 0.6 is 0 Å². The Labute approximate surface area is 117 Å². The van der Waals surface area contributed by atoms with Crippen LogP contribution < -0.4 is 5.32 Å². The molecule has 1 rings (SSSR count). The summed E-state index contributed by atoms with van der Waals surface area (Å²) < 4.78 is 0. The highest BCUT2D eigenvalue weighted by molar-refractivity contribution is 5.22. The minimum absolute atomic E-state index is 0.118. The molecule has 0 spiro atoms. The van der Waals surface area contributed by atoms with E-state index in [4.69, 9.17) is 5.26 Å². The first kappa shape index (κ1) is 15.7. The third kappa shape index (κ3) is 5.89. The Morgan fingerprint density at radius 3 is 2.16 bits per heavy atom. The minimum Gasteiger partial charge on any atom is -0.315 e. The van der Waals surface area contributed by atoms with Gasteiger partial charge < -0.3 is 5.32 Å². The molecule has 0 fully saturated rings. The van der Waals surface area contributed by atoms with Crippen molar-refractivity contribution < 1.29 is 0 Å². The highest BCUT2D eigenvalue weighted by Gasteiger charge is 2.10. The van der Waals surface area contributed by atoms with E-state index in [1.54, 1.807) is 0 Å². The molecule has 2 heteroatoms. The van der Waals surface area contributed by atoms with Gasteiger partial charge in [0.25, 0.3) is 0 Å². The van der Waals surface area contributed by atoms with Gasteiger partial charge in [0.05, 0.1) is 12.0 Å². The van der Waals surface area contributed by atoms with Crippen molar-refractivity contribution in [2.75, 3.05) is 13.1 Å². The van der Waals surface area contributed by atoms with Gasteiger partial charge in [0.2, 0.25) is 0 Å². The van der Waals surface area contributed by atoms with E-state index < -0.39 is 0 Å². The first-order valence-electron chi connectivity index (χ1n) is 7.35. The SMILES string of the molecule is CCCc1ccc(CCNCC(C#N)C(C)C)cc1. The van der Waals surface area contributed by atoms with Crippen LogP contribution in [0, 0.1) is 23.2 Å². The van der Waals surface area contributed by atoms with Crippen molar-refractivity contribution in [2.45, 2.75) is 40.0 Å². The summed E-state index contributed by atoms with van der Waals surface area (Å²) in [5.41, 5.74) is 2.79. The number of nitriles is 1. The molecule has 1 N–H and O–H groups in total. The summed E-state index contributed by atoms with van der Waals surface area (Å²) in [6.07, 6.45) is 3.39. The van der Waals surface area contributed by atoms with E-state index in [1.165, 1.54) is 17.5 Å². The van der Waals surface area contributed by atoms with Crippen molar-refractivity contribution in [1.29, 1.82) is 5.26 Å². The van der Waals surface area contributed by atoms with E-state index >= 15 is 0 Å². The lowest BCUT2D eigenvalue weighted by atomic mass is 9.97. The molecule has 0 aromatic heterocycles. The summed E-state index contributed by atoms with van der Waals surface area (Å²) in [4.78, 5) is 0. The Morgan fingerprint density at radius 2 is 1.68 bits per heavy atom. The quantitative estimate of drug-likeness (QED) is 0.724. The van der Waals surface area contributed by atoms with Gasteiger partial charge in [-0.2, -0.15) is 5.26 Å². The summed E-state index contributed by atoms with van der Waals surface area (Å²) in [6.45, 7) is 8.14. The molecule has 1 aromatic carbocycles. The van der Waals surface area contributed by atoms with Crippen molar-refractivity contribution in [1.82, 2.24) is 5.32 Å². The number of nitrogens with zero attached hydrogens (tertiary/aromatic N) is 1. The number of aryl methyl sites for hydroxylation is 1. The average molecular weight is 258 g/mol. The zero-order valence-corrected chi connectivity index (χ0v) is 12.4. The second-order valence-electron chi connectivity index (χ2n) is 5.50. The van der Waals surface area contributed by atoms with E-state index in [-0.39, 0.29) is 5.92 Å². The standard InChI is InChI=1S/C17H26N2/c1-4-5-15-6-8-16(9-7-15)10-11-19-13-17(12-18)14(2)3/h6-9,14,17,19H,4-5,10-11,13H2,1-3H3. The van der Waals surface area contributed by atoms with Crippen molar-refractivity contribution >= 4 is 0 Å². The zero-order valence-electron chi connectivity index (χ0n) is 12.4. The van der Waals surface area contributed by atoms with E-state index in [1.807, 2.05) is 0 Å². The summed E-state index contributed by atoms with van der Waals surface area (Å²) >= 11 is 0. The molecule has 0 saturated heterocycles. The predicted octanol–water partition coefficient (Wildman–Crippen LogP) is 3.57. The van der Waals surface area contributed by atoms with Crippen LogP contribution in [-0.4, -0.2) is 13.1 Å². The Balaban J connectivity index is 2.27. The molecule has 0 saturated carbocycles. The van der Waals surface area contributed by atoms with Gasteiger partial charge in [0.1, 0.15) is 0 Å². The van der Waals surface area contributed by atoms with Gasteiger partial charge in [-0.1, -0.05) is 51.5 Å². The number of hydrogen-bond donors (Lipinski definition) is 1. The molecule has 0 heterocycles. The number of benzene rings is 1. The van der Waals surface area contributed by atoms with Crippen molar-refractivity contribution in [3.05, 3.63) is 35.4 Å². The second-order valence-corrected chi connectivity index (χ2v) is 5.50. The summed E-state index contributed by atoms with van der Waals surface area (Å²) in [7, 11) is 0. The number of rotatable bonds is 8. The lowest BCUT2D eigenvalue weighted by Gasteiger charge is -2.13. The van der Waals surface area contributed by atoms with E-state index in [0.29, 0.717) is 5.92 Å². The second kappa shape index (κ2) is 8.72. The third-order valence-electron chi connectivity index (χ3n) is 3.49. The van der Waals surface area contributed by atoms with Gasteiger partial charge in [-0.25, -0.2) is 0 Å². The fourth-order valence-corrected chi connectivity index (χ4v) is 2.08. The first-order chi connectivity index (χ1) is 9.17. The lowest BCUT2D eigenvalue weighted by molar-refractivity contribution is 0.444. The van der Waals surface area contributed by atoms with Gasteiger partial charge in [-0.3, -0.25) is 0 Å². The summed E-state index contributed by atoms with van der Waals surface area (Å²) in [5, 5.41) is 12.4. The highest BCUT2D eigenvalue weighted by atomic mass is 14.9. The van der Waals surface area contributed by atoms with Gasteiger partial charge in [0.15, 0.2) is 0 Å². The molecule has 104 valence electrons. The smallest absolute Gasteiger partial charge is 0.0671 e. The van der Waals surface area contributed by atoms with Gasteiger partial charge in [-0.15, -0.1) is 0 Å². The normalized spacial score (nSPS) is 12.4. The van der Waals surface area contributed by atoms with Crippen LogP contribution in [0.2, 0.25) is 0 Å². The van der Waals surface area contributed by atoms with Gasteiger partial charge in [0, 0.05) is 6.54 Å². The minimum atomic E-state index is 0.118. The van der Waals surface area contributed by atoms with E-state index in [2.05, 4.69) is 56.4 Å². The van der Waals surface area contributed by atoms with Crippen LogP contribution in [0.3, 0.4) is 0 Å². The number of hydrogen-bond acceptors (Lipinski definition) is 2. The zero-order chi connectivity index (χ0) is 14.1. The lowest BCUT2D eigenvalue weighted by Crippen LogP contribution is -2.26. The monoisotopic (exact) mass is 258 g/mol. The van der Waals surface area contributed by atoms with Gasteiger partial charge >= 0.3 is 0 Å². The molecule has 0 amide bonds. The molecule has 1 unspecified atom stereocenters. The molecule has 0 aliphatic rings. The predicted molar refractivity (Wildman–Crippen MR) is 81.0 cm³/mol. The number of nitrogens with one attached hydrogen (secondary N) is 1. The Kier molecular flexibility index (Phi) is 7.22. The van der Waals surface area contributed by atoms with Crippen molar-refractivity contribution in [2.24, 2.45) is 11.8 Å². The van der Waals surface area contributed by atoms with Crippen LogP contribution in [0.15, 0.2) is 24.3 Å². The highest BCUT2D eigenvalue weighted by Crippen LogP contribution is 2.09. The fraction of sp³-hybridized carbons (Fsp3) is 0.588. The molecule has 0 aliphatic heterocycles. The van der Waals surface area contributed by atoms with Crippen LogP contribution in [0.25, 0.3) is 0 Å². The third-order valence-corrected chi connectivity index (χ3v) is 3.49. The van der Waals surface area contributed by atoms with Crippen molar-refractivity contribution in [3.8, 4) is 6.07 Å². The summed E-state index contributed by atoms with van der Waals surface area (Å²) in [5.74, 6) is 0.540. The first-order valence-corrected chi connectivity index (χ1v) is 7.35. The summed E-state index contributed by atoms with van der Waals surface area (Å²) in [6, 6.07) is 11.3. The van der Waals surface area contributed by atoms with Crippen LogP contribution in [-0.2, 0) is 12.8 Å². The van der Waals surface area contributed by atoms with Crippen LogP contribution in [0.5, 0.6) is 0 Å². The Bertz CT molecular complexity index is 387. The Morgan fingerprint density at radius 1 is 1.11 bits per heavy atom. The van der Waals surface area contributed by atoms with Gasteiger partial charge in [-0.05, 0) is 36.4 Å². The van der Waals surface area contributed by atoms with Crippen molar-refractivity contribution in [3.63, 3.8) is 0 Å². The van der Waals surface area contributed by atoms with E-state index in [9.17, 15) is 0 Å². The maximum absolute atomic E-state index is 9.00. The molecule has 1 aromatic rings. The largest absolute Gasteiger partial charge is 0.315 e.